The van der Waals surface area contributed by atoms with Crippen molar-refractivity contribution in [2.24, 2.45) is 0 Å². The summed E-state index contributed by atoms with van der Waals surface area (Å²) in [5.41, 5.74) is 1.23. The van der Waals surface area contributed by atoms with Crippen molar-refractivity contribution in [1.82, 2.24) is 25.2 Å². The quantitative estimate of drug-likeness (QED) is 0.521. The minimum Gasteiger partial charge on any atom is -0.497 e. The molecule has 9 heteroatoms. The summed E-state index contributed by atoms with van der Waals surface area (Å²) in [6, 6.07) is 7.65. The van der Waals surface area contributed by atoms with Crippen LogP contribution >= 0.6 is 0 Å². The number of methoxy groups -OCH3 is 2. The number of piperidine rings is 1. The second-order valence-corrected chi connectivity index (χ2v) is 7.00. The third-order valence-electron chi connectivity index (χ3n) is 5.02. The Morgan fingerprint density at radius 1 is 1.20 bits per heavy atom. The summed E-state index contributed by atoms with van der Waals surface area (Å²) < 4.78 is 11.8. The van der Waals surface area contributed by atoms with Crippen molar-refractivity contribution in [3.8, 4) is 5.75 Å². The van der Waals surface area contributed by atoms with Gasteiger partial charge in [0.2, 0.25) is 5.91 Å². The van der Waals surface area contributed by atoms with Gasteiger partial charge in [0, 0.05) is 32.8 Å². The van der Waals surface area contributed by atoms with Crippen LogP contribution < -0.4 is 10.1 Å². The molecule has 0 saturated carbocycles. The molecule has 2 amide bonds. The van der Waals surface area contributed by atoms with E-state index in [1.54, 1.807) is 37.3 Å². The van der Waals surface area contributed by atoms with Gasteiger partial charge in [0.15, 0.2) is 5.69 Å². The predicted octanol–water partition coefficient (Wildman–Crippen LogP) is 1.54. The van der Waals surface area contributed by atoms with E-state index in [2.05, 4.69) is 15.6 Å². The van der Waals surface area contributed by atoms with Crippen molar-refractivity contribution >= 4 is 17.9 Å². The van der Waals surface area contributed by atoms with Crippen molar-refractivity contribution in [1.29, 1.82) is 0 Å². The van der Waals surface area contributed by atoms with Crippen LogP contribution in [0.5, 0.6) is 5.75 Å². The number of hydrogen-bond donors (Lipinski definition) is 1. The molecule has 2 aromatic rings. The lowest BCUT2D eigenvalue weighted by atomic mass is 10.1. The molecule has 0 atom stereocenters. The van der Waals surface area contributed by atoms with Gasteiger partial charge >= 0.3 is 0 Å². The highest BCUT2D eigenvalue weighted by Crippen LogP contribution is 2.22. The predicted molar refractivity (Wildman–Crippen MR) is 111 cm³/mol. The largest absolute Gasteiger partial charge is 0.497 e. The monoisotopic (exact) mass is 413 g/mol. The highest BCUT2D eigenvalue weighted by molar-refractivity contribution is 5.92. The highest BCUT2D eigenvalue weighted by atomic mass is 16.5. The lowest BCUT2D eigenvalue weighted by Crippen LogP contribution is -2.38. The van der Waals surface area contributed by atoms with Gasteiger partial charge in [-0.3, -0.25) is 9.59 Å². The first-order valence-electron chi connectivity index (χ1n) is 9.90. The molecule has 160 valence electrons. The maximum atomic E-state index is 12.5. The van der Waals surface area contributed by atoms with Gasteiger partial charge in [-0.25, -0.2) is 4.68 Å². The van der Waals surface area contributed by atoms with E-state index >= 15 is 0 Å². The molecule has 1 N–H and O–H groups in total. The molecule has 1 aromatic heterocycles. The maximum absolute atomic E-state index is 12.5. The van der Waals surface area contributed by atoms with Gasteiger partial charge in [-0.2, -0.15) is 0 Å². The van der Waals surface area contributed by atoms with Crippen LogP contribution in [0.4, 0.5) is 0 Å². The summed E-state index contributed by atoms with van der Waals surface area (Å²) in [5.74, 6) is 0.500. The van der Waals surface area contributed by atoms with Crippen molar-refractivity contribution in [2.75, 3.05) is 40.5 Å². The van der Waals surface area contributed by atoms with E-state index in [1.807, 2.05) is 29.2 Å². The number of aromatic nitrogens is 3. The fraction of sp³-hybridized carbons (Fsp3) is 0.429. The van der Waals surface area contributed by atoms with Gasteiger partial charge in [-0.15, -0.1) is 5.10 Å². The van der Waals surface area contributed by atoms with Gasteiger partial charge in [0.25, 0.3) is 5.91 Å². The fourth-order valence-corrected chi connectivity index (χ4v) is 3.26. The van der Waals surface area contributed by atoms with E-state index in [9.17, 15) is 9.59 Å². The summed E-state index contributed by atoms with van der Waals surface area (Å²) in [6.07, 6.45) is 6.58. The van der Waals surface area contributed by atoms with E-state index in [0.717, 1.165) is 24.2 Å². The highest BCUT2D eigenvalue weighted by Gasteiger charge is 2.24. The molecule has 0 unspecified atom stereocenters. The van der Waals surface area contributed by atoms with E-state index in [1.165, 1.54) is 0 Å². The van der Waals surface area contributed by atoms with Crippen molar-refractivity contribution in [3.05, 3.63) is 47.8 Å². The Bertz CT molecular complexity index is 870. The maximum Gasteiger partial charge on any atom is 0.273 e. The lowest BCUT2D eigenvalue weighted by Gasteiger charge is -2.31. The number of carbonyl (C=O) groups excluding carboxylic acids is 2. The molecule has 1 fully saturated rings. The molecular formula is C21H27N5O4. The third kappa shape index (κ3) is 5.66. The Balaban J connectivity index is 1.49. The van der Waals surface area contributed by atoms with Crippen molar-refractivity contribution < 1.29 is 19.1 Å². The van der Waals surface area contributed by atoms with E-state index in [4.69, 9.17) is 9.47 Å². The molecule has 0 spiro atoms. The summed E-state index contributed by atoms with van der Waals surface area (Å²) >= 11 is 0. The zero-order valence-corrected chi connectivity index (χ0v) is 17.3. The van der Waals surface area contributed by atoms with Gasteiger partial charge < -0.3 is 19.7 Å². The van der Waals surface area contributed by atoms with Crippen LogP contribution in [0.2, 0.25) is 0 Å². The van der Waals surface area contributed by atoms with Gasteiger partial charge in [-0.1, -0.05) is 17.3 Å². The number of carbonyl (C=O) groups is 2. The normalized spacial score (nSPS) is 14.8. The molecular weight excluding hydrogens is 386 g/mol. The summed E-state index contributed by atoms with van der Waals surface area (Å²) in [5, 5.41) is 10.8. The molecule has 9 nitrogen and oxygen atoms in total. The molecule has 1 aromatic carbocycles. The first-order valence-corrected chi connectivity index (χ1v) is 9.90. The van der Waals surface area contributed by atoms with E-state index < -0.39 is 0 Å². The molecule has 0 bridgehead atoms. The summed E-state index contributed by atoms with van der Waals surface area (Å²) in [4.78, 5) is 26.3. The first-order chi connectivity index (χ1) is 14.6. The minimum absolute atomic E-state index is 0.0129. The Hall–Kier alpha value is -3.20. The molecule has 1 aliphatic heterocycles. The van der Waals surface area contributed by atoms with E-state index in [-0.39, 0.29) is 23.6 Å². The van der Waals surface area contributed by atoms with Gasteiger partial charge in [-0.05, 0) is 36.6 Å². The Morgan fingerprint density at radius 3 is 2.60 bits per heavy atom. The molecule has 0 aliphatic carbocycles. The number of likely N-dealkylation sites (tertiary alicyclic amines) is 1. The average Bonchev–Trinajstić information content (AvgIpc) is 3.28. The zero-order chi connectivity index (χ0) is 21.3. The fourth-order valence-electron chi connectivity index (χ4n) is 3.26. The van der Waals surface area contributed by atoms with Crippen molar-refractivity contribution in [2.45, 2.75) is 18.9 Å². The van der Waals surface area contributed by atoms with Crippen molar-refractivity contribution in [3.63, 3.8) is 0 Å². The number of ether oxygens (including phenoxy) is 2. The standard InChI is InChI=1S/C21H27N5O4/c1-29-14-11-22-21(28)19-15-26(24-23-19)17-9-12-25(13-10-17)20(27)8-5-16-3-6-18(30-2)7-4-16/h3-8,15,17H,9-14H2,1-2H3,(H,22,28). The number of nitrogens with zero attached hydrogens (tertiary/aromatic N) is 4. The summed E-state index contributed by atoms with van der Waals surface area (Å²) in [7, 11) is 3.20. The molecule has 0 radical (unpaired) electrons. The number of rotatable bonds is 8. The number of amides is 2. The van der Waals surface area contributed by atoms with Crippen LogP contribution in [0.15, 0.2) is 36.5 Å². The van der Waals surface area contributed by atoms with Crippen LogP contribution in [0.1, 0.15) is 34.9 Å². The topological polar surface area (TPSA) is 98.6 Å². The van der Waals surface area contributed by atoms with E-state index in [0.29, 0.717) is 26.2 Å². The third-order valence-corrected chi connectivity index (χ3v) is 5.02. The molecule has 1 aliphatic rings. The Labute approximate surface area is 175 Å². The Morgan fingerprint density at radius 2 is 1.93 bits per heavy atom. The number of benzene rings is 1. The van der Waals surface area contributed by atoms with Gasteiger partial charge in [0.05, 0.1) is 26.0 Å². The number of hydrogen-bond acceptors (Lipinski definition) is 6. The second kappa shape index (κ2) is 10.5. The van der Waals surface area contributed by atoms with Crippen LogP contribution in [0, 0.1) is 0 Å². The van der Waals surface area contributed by atoms with Crippen LogP contribution in [-0.2, 0) is 9.53 Å². The first kappa shape index (κ1) is 21.5. The number of nitrogens with one attached hydrogen (secondary N) is 1. The zero-order valence-electron chi connectivity index (χ0n) is 17.3. The van der Waals surface area contributed by atoms with Gasteiger partial charge in [0.1, 0.15) is 5.75 Å². The molecule has 3 rings (SSSR count). The van der Waals surface area contributed by atoms with Crippen LogP contribution in [0.25, 0.3) is 6.08 Å². The minimum atomic E-state index is -0.269. The molecule has 2 heterocycles. The lowest BCUT2D eigenvalue weighted by molar-refractivity contribution is -0.127. The smallest absolute Gasteiger partial charge is 0.273 e. The SMILES string of the molecule is COCCNC(=O)c1cn(C2CCN(C(=O)C=Cc3ccc(OC)cc3)CC2)nn1. The second-order valence-electron chi connectivity index (χ2n) is 7.00. The van der Waals surface area contributed by atoms with Crippen LogP contribution in [-0.4, -0.2) is 72.2 Å². The Kier molecular flexibility index (Phi) is 7.56. The summed E-state index contributed by atoms with van der Waals surface area (Å²) in [6.45, 7) is 2.13. The molecule has 30 heavy (non-hydrogen) atoms. The molecule has 1 saturated heterocycles. The average molecular weight is 413 g/mol. The van der Waals surface area contributed by atoms with Crippen LogP contribution in [0.3, 0.4) is 0 Å².